The van der Waals surface area contributed by atoms with E-state index in [1.54, 1.807) is 64.8 Å². The number of aromatic nitrogens is 4. The van der Waals surface area contributed by atoms with E-state index in [0.717, 1.165) is 25.7 Å². The zero-order chi connectivity index (χ0) is 60.4. The number of carbonyl (C=O) groups excluding carboxylic acids is 4. The van der Waals surface area contributed by atoms with E-state index in [0.29, 0.717) is 187 Å². The van der Waals surface area contributed by atoms with E-state index in [9.17, 15) is 19.2 Å². The fourth-order valence-corrected chi connectivity index (χ4v) is 12.4. The second-order valence-corrected chi connectivity index (χ2v) is 21.9. The maximum Gasteiger partial charge on any atom is 2.00 e. The number of nitrogens with zero attached hydrogens (tertiary/aromatic N) is 4. The summed E-state index contributed by atoms with van der Waals surface area (Å²) in [6.45, 7) is 1.79. The van der Waals surface area contributed by atoms with Crippen LogP contribution < -0.4 is 50.2 Å². The first-order valence-electron chi connectivity index (χ1n) is 29.6. The number of rotatable bonds is 16. The number of ether oxygens (including phenoxy) is 8. The first-order valence-corrected chi connectivity index (χ1v) is 29.6. The number of hydrogen-bond donors (Lipinski definition) is 4. The maximum absolute atomic E-state index is 14.3. The SMILES string of the molecule is COc1cccc(OC)c1-c1c2nc(c(-c3c(NC(=O)[C@@H]4CCCO4)cccc3NC(=O)[C@@H]3CCCO3)c3ccc([n-]3)c(-c3c(OC)cccc3OC)c3nc(c(-c4c(NC(=O)[C@@H]5CCCO5)cccc4NC(=O)[C@@H]4CCCO4)c4ccc1[n-]4)C=C3)C=C2.[Co+2]. The summed E-state index contributed by atoms with van der Waals surface area (Å²) in [4.78, 5) is 79.3. The van der Waals surface area contributed by atoms with Gasteiger partial charge in [0.25, 0.3) is 23.6 Å². The molecule has 89 heavy (non-hydrogen) atoms. The minimum atomic E-state index is -0.703. The van der Waals surface area contributed by atoms with Crippen molar-refractivity contribution >= 4 is 92.7 Å². The van der Waals surface area contributed by atoms with E-state index in [1.807, 2.05) is 85.0 Å². The molecule has 0 saturated carbocycles. The third kappa shape index (κ3) is 11.8. The van der Waals surface area contributed by atoms with Crippen molar-refractivity contribution in [1.29, 1.82) is 0 Å². The predicted molar refractivity (Wildman–Crippen MR) is 335 cm³/mol. The molecule has 8 bridgehead atoms. The molecule has 13 rings (SSSR count). The summed E-state index contributed by atoms with van der Waals surface area (Å²) in [5.41, 5.74) is 8.54. The molecule has 4 N–H and O–H groups in total. The van der Waals surface area contributed by atoms with Crippen molar-refractivity contribution in [1.82, 2.24) is 19.9 Å². The van der Waals surface area contributed by atoms with E-state index in [-0.39, 0.29) is 40.4 Å². The third-order valence-corrected chi connectivity index (χ3v) is 16.5. The summed E-state index contributed by atoms with van der Waals surface area (Å²) in [6.07, 6.45) is 9.67. The van der Waals surface area contributed by atoms with Crippen LogP contribution in [-0.4, -0.2) is 113 Å². The molecule has 3 aromatic heterocycles. The van der Waals surface area contributed by atoms with Gasteiger partial charge in [-0.25, -0.2) is 9.97 Å². The standard InChI is InChI=1S/C68H66N8O12.Co/c1-81-49-17-7-18-50(82-2)63(49)61-45-29-25-41(69-45)59(57-37(73-65(77)53-21-9-33-85-53)13-5-14-38(57)74-66(78)54-22-10-34-86-54)43-27-31-47(71-43)62(64-51(83-3)19-8-20-52(64)84-4)48-32-28-44(72-48)60(42-26-30-46(61)70-42)58-39(75-67(79)55-23-11-35-87-55)15-6-16-40(58)76-68(80)56-24-12-36-88-56;/h5-8,13-20,25-32,53-56H,9-12,21-24,33-36H2,1-4H3,(H6,69,70,71,72,73,74,75,76,77,78,79,80);/q;+2/p-2/t53-,54-,55-,56-;/m0./s1. The van der Waals surface area contributed by atoms with Gasteiger partial charge in [-0.15, -0.1) is 22.1 Å². The Kier molecular flexibility index (Phi) is 17.8. The van der Waals surface area contributed by atoms with Crippen molar-refractivity contribution in [3.05, 3.63) is 120 Å². The molecule has 21 heteroatoms. The van der Waals surface area contributed by atoms with E-state index in [4.69, 9.17) is 57.8 Å². The Labute approximate surface area is 523 Å². The van der Waals surface area contributed by atoms with Crippen LogP contribution in [0.1, 0.15) is 74.1 Å². The minimum absolute atomic E-state index is 0. The molecule has 1 radical (unpaired) electrons. The molecule has 4 atom stereocenters. The Morgan fingerprint density at radius 1 is 0.371 bits per heavy atom. The molecule has 7 aromatic rings. The van der Waals surface area contributed by atoms with Crippen LogP contribution in [0.2, 0.25) is 0 Å². The first-order chi connectivity index (χ1) is 43.1. The maximum atomic E-state index is 14.3. The quantitative estimate of drug-likeness (QED) is 0.0703. The molecular formula is C68H64CoN8O12. The normalized spacial score (nSPS) is 18.3. The largest absolute Gasteiger partial charge is 2.00 e. The Morgan fingerprint density at radius 2 is 0.618 bits per heavy atom. The summed E-state index contributed by atoms with van der Waals surface area (Å²) in [5, 5.41) is 12.7. The number of benzene rings is 4. The first kappa shape index (κ1) is 60.2. The third-order valence-electron chi connectivity index (χ3n) is 16.5. The number of carbonyl (C=O) groups is 4. The number of fused-ring (bicyclic) bond motifs is 8. The van der Waals surface area contributed by atoms with Gasteiger partial charge in [0.15, 0.2) is 0 Å². The molecule has 4 aromatic carbocycles. The van der Waals surface area contributed by atoms with Gasteiger partial charge >= 0.3 is 16.8 Å². The minimum Gasteiger partial charge on any atom is -0.657 e. The second kappa shape index (κ2) is 26.3. The van der Waals surface area contributed by atoms with Gasteiger partial charge < -0.3 is 69.1 Å². The van der Waals surface area contributed by atoms with Crippen molar-refractivity contribution < 1.29 is 73.9 Å². The van der Waals surface area contributed by atoms with Gasteiger partial charge in [-0.1, -0.05) is 48.5 Å². The molecule has 4 fully saturated rings. The molecule has 0 unspecified atom stereocenters. The van der Waals surface area contributed by atoms with Crippen molar-refractivity contribution in [2.45, 2.75) is 75.8 Å². The van der Waals surface area contributed by atoms with Crippen molar-refractivity contribution in [2.75, 3.05) is 76.1 Å². The monoisotopic (exact) mass is 1240 g/mol. The van der Waals surface area contributed by atoms with E-state index in [1.165, 1.54) is 0 Å². The van der Waals surface area contributed by atoms with Crippen LogP contribution in [0, 0.1) is 0 Å². The summed E-state index contributed by atoms with van der Waals surface area (Å²) < 4.78 is 48.2. The molecule has 20 nitrogen and oxygen atoms in total. The summed E-state index contributed by atoms with van der Waals surface area (Å²) in [5.74, 6) is 0.412. The van der Waals surface area contributed by atoms with Gasteiger partial charge in [0.05, 0.1) is 85.1 Å². The van der Waals surface area contributed by atoms with E-state index >= 15 is 0 Å². The van der Waals surface area contributed by atoms with Gasteiger partial charge in [0.1, 0.15) is 47.4 Å². The number of hydrogen-bond acceptors (Lipinski definition) is 14. The fourth-order valence-electron chi connectivity index (χ4n) is 12.4. The molecule has 4 amide bonds. The molecular weight excluding hydrogens is 1180 g/mol. The summed E-state index contributed by atoms with van der Waals surface area (Å²) in [7, 11) is 6.30. The van der Waals surface area contributed by atoms with Crippen LogP contribution in [0.25, 0.3) is 90.9 Å². The zero-order valence-electron chi connectivity index (χ0n) is 49.4. The van der Waals surface area contributed by atoms with Gasteiger partial charge in [0.2, 0.25) is 0 Å². The Bertz CT molecular complexity index is 3750. The van der Waals surface area contributed by atoms with E-state index in [2.05, 4.69) is 21.3 Å². The molecule has 9 heterocycles. The molecule has 457 valence electrons. The Balaban J connectivity index is 0.00000769. The van der Waals surface area contributed by atoms with Crippen molar-refractivity contribution in [3.8, 4) is 67.5 Å². The summed E-state index contributed by atoms with van der Waals surface area (Å²) >= 11 is 0. The van der Waals surface area contributed by atoms with Crippen LogP contribution in [0.4, 0.5) is 22.7 Å². The van der Waals surface area contributed by atoms with Gasteiger partial charge in [-0.3, -0.25) is 19.2 Å². The van der Waals surface area contributed by atoms with E-state index < -0.39 is 24.4 Å². The molecule has 6 aliphatic rings. The van der Waals surface area contributed by atoms with Crippen LogP contribution in [0.3, 0.4) is 0 Å². The Morgan fingerprint density at radius 3 is 0.854 bits per heavy atom. The molecule has 0 aliphatic carbocycles. The Hall–Kier alpha value is -9.09. The zero-order valence-corrected chi connectivity index (χ0v) is 50.4. The molecule has 0 spiro atoms. The average molecular weight is 1240 g/mol. The number of anilines is 4. The van der Waals surface area contributed by atoms with Gasteiger partial charge in [-0.05, 0) is 135 Å². The average Bonchev–Trinajstić information content (AvgIpc) is 1.83. The van der Waals surface area contributed by atoms with Gasteiger partial charge in [0, 0.05) is 48.7 Å². The number of methoxy groups -OCH3 is 4. The number of amides is 4. The fraction of sp³-hybridized carbons (Fsp3) is 0.294. The predicted octanol–water partition coefficient (Wildman–Crippen LogP) is 11.1. The topological polar surface area (TPSA) is 244 Å². The van der Waals surface area contributed by atoms with Crippen LogP contribution in [0.15, 0.2) is 97.1 Å². The smallest absolute Gasteiger partial charge is 0.657 e. The summed E-state index contributed by atoms with van der Waals surface area (Å²) in [6, 6.07) is 29.1. The molecule has 6 aliphatic heterocycles. The van der Waals surface area contributed by atoms with Crippen molar-refractivity contribution in [2.24, 2.45) is 0 Å². The number of nitrogens with one attached hydrogen (secondary N) is 4. The molecule has 4 saturated heterocycles. The van der Waals surface area contributed by atoms with Crippen LogP contribution in [0.5, 0.6) is 23.0 Å². The van der Waals surface area contributed by atoms with Gasteiger partial charge in [-0.2, -0.15) is 0 Å². The second-order valence-electron chi connectivity index (χ2n) is 21.9. The van der Waals surface area contributed by atoms with Crippen LogP contribution >= 0.6 is 0 Å². The van der Waals surface area contributed by atoms with Crippen LogP contribution in [-0.2, 0) is 54.9 Å². The van der Waals surface area contributed by atoms with Crippen molar-refractivity contribution in [3.63, 3.8) is 0 Å².